The quantitative estimate of drug-likeness (QED) is 0.516. The van der Waals surface area contributed by atoms with Crippen molar-refractivity contribution in [2.75, 3.05) is 19.6 Å². The van der Waals surface area contributed by atoms with Crippen LogP contribution in [0.15, 0.2) is 0 Å². The first kappa shape index (κ1) is 20.9. The van der Waals surface area contributed by atoms with Crippen LogP contribution in [0, 0.1) is 5.92 Å². The van der Waals surface area contributed by atoms with Crippen LogP contribution in [0.3, 0.4) is 0 Å². The van der Waals surface area contributed by atoms with E-state index < -0.39 is 0 Å². The van der Waals surface area contributed by atoms with Gasteiger partial charge in [0.05, 0.1) is 0 Å². The Bertz CT molecular complexity index is 327. The Hall–Kier alpha value is -1.06. The highest BCUT2D eigenvalue weighted by Gasteiger charge is 2.28. The lowest BCUT2D eigenvalue weighted by Gasteiger charge is -2.38. The molecule has 4 heteroatoms. The number of carbonyl (C=O) groups excluding carboxylic acids is 2. The summed E-state index contributed by atoms with van der Waals surface area (Å²) >= 11 is 0. The highest BCUT2D eigenvalue weighted by Crippen LogP contribution is 2.21. The minimum Gasteiger partial charge on any atom is -0.345 e. The monoisotopic (exact) mass is 312 g/mol. The zero-order chi connectivity index (χ0) is 17.2. The lowest BCUT2D eigenvalue weighted by Crippen LogP contribution is -2.48. The molecule has 0 aromatic rings. The minimum atomic E-state index is -0.107. The summed E-state index contributed by atoms with van der Waals surface area (Å²) in [5.74, 6) is 0.803. The molecule has 0 unspecified atom stereocenters. The highest BCUT2D eigenvalue weighted by molar-refractivity contribution is 5.77. The normalized spacial score (nSPS) is 11.6. The molecule has 0 heterocycles. The van der Waals surface area contributed by atoms with E-state index in [-0.39, 0.29) is 11.4 Å². The summed E-state index contributed by atoms with van der Waals surface area (Å²) < 4.78 is 0. The van der Waals surface area contributed by atoms with Crippen LogP contribution in [0.5, 0.6) is 0 Å². The largest absolute Gasteiger partial charge is 0.345 e. The molecule has 0 spiro atoms. The summed E-state index contributed by atoms with van der Waals surface area (Å²) in [6.07, 6.45) is 5.47. The van der Waals surface area contributed by atoms with Crippen molar-refractivity contribution >= 4 is 12.3 Å². The van der Waals surface area contributed by atoms with Crippen molar-refractivity contribution in [2.24, 2.45) is 5.92 Å². The fraction of sp³-hybridized carbons (Fsp3) is 0.889. The molecule has 0 saturated heterocycles. The Morgan fingerprint density at radius 3 is 2.27 bits per heavy atom. The second-order valence-corrected chi connectivity index (χ2v) is 7.13. The van der Waals surface area contributed by atoms with E-state index in [0.29, 0.717) is 18.9 Å². The Morgan fingerprint density at radius 2 is 1.82 bits per heavy atom. The third-order valence-corrected chi connectivity index (χ3v) is 4.20. The number of carbonyl (C=O) groups is 2. The minimum absolute atomic E-state index is 0.107. The SMILES string of the molecule is CCCC(C)(C)N(CC)C(=O)CCN(C=O)CCCC(C)C. The van der Waals surface area contributed by atoms with Crippen molar-refractivity contribution < 1.29 is 9.59 Å². The molecule has 0 aliphatic heterocycles. The standard InChI is InChI=1S/C18H36N2O2/c1-7-12-18(5,6)20(8-2)17(22)11-14-19(15-21)13-9-10-16(3)4/h15-16H,7-14H2,1-6H3. The predicted octanol–water partition coefficient (Wildman–Crippen LogP) is 3.70. The van der Waals surface area contributed by atoms with Crippen LogP contribution >= 0.6 is 0 Å². The number of hydrogen-bond donors (Lipinski definition) is 0. The molecule has 0 saturated carbocycles. The Balaban J connectivity index is 4.40. The van der Waals surface area contributed by atoms with Gasteiger partial charge in [-0.15, -0.1) is 0 Å². The lowest BCUT2D eigenvalue weighted by molar-refractivity contribution is -0.137. The van der Waals surface area contributed by atoms with E-state index in [1.54, 1.807) is 4.90 Å². The van der Waals surface area contributed by atoms with Gasteiger partial charge >= 0.3 is 0 Å². The Morgan fingerprint density at radius 1 is 1.18 bits per heavy atom. The highest BCUT2D eigenvalue weighted by atomic mass is 16.2. The molecule has 0 radical (unpaired) electrons. The molecule has 0 aliphatic rings. The van der Waals surface area contributed by atoms with Gasteiger partial charge in [-0.3, -0.25) is 9.59 Å². The van der Waals surface area contributed by atoms with Crippen LogP contribution in [-0.4, -0.2) is 47.3 Å². The number of rotatable bonds is 12. The maximum atomic E-state index is 12.5. The van der Waals surface area contributed by atoms with Crippen LogP contribution in [0.25, 0.3) is 0 Å². The maximum Gasteiger partial charge on any atom is 0.224 e. The smallest absolute Gasteiger partial charge is 0.224 e. The van der Waals surface area contributed by atoms with Gasteiger partial charge in [0.1, 0.15) is 0 Å². The van der Waals surface area contributed by atoms with Gasteiger partial charge in [0, 0.05) is 31.6 Å². The average Bonchev–Trinajstić information content (AvgIpc) is 2.42. The van der Waals surface area contributed by atoms with E-state index in [9.17, 15) is 9.59 Å². The predicted molar refractivity (Wildman–Crippen MR) is 92.7 cm³/mol. The summed E-state index contributed by atoms with van der Waals surface area (Å²) in [7, 11) is 0. The average molecular weight is 312 g/mol. The maximum absolute atomic E-state index is 12.5. The molecule has 0 aromatic heterocycles. The molecule has 2 amide bonds. The summed E-state index contributed by atoms with van der Waals surface area (Å²) in [6.45, 7) is 14.8. The van der Waals surface area contributed by atoms with E-state index in [1.165, 1.54) is 0 Å². The molecule has 4 nitrogen and oxygen atoms in total. The second kappa shape index (κ2) is 10.6. The lowest BCUT2D eigenvalue weighted by atomic mass is 9.96. The number of nitrogens with zero attached hydrogens (tertiary/aromatic N) is 2. The van der Waals surface area contributed by atoms with Gasteiger partial charge in [0.2, 0.25) is 12.3 Å². The molecule has 0 atom stereocenters. The molecule has 0 rings (SSSR count). The molecule has 0 N–H and O–H groups in total. The molecule has 22 heavy (non-hydrogen) atoms. The first-order chi connectivity index (χ1) is 10.3. The zero-order valence-corrected chi connectivity index (χ0v) is 15.5. The van der Waals surface area contributed by atoms with Crippen LogP contribution in [0.1, 0.15) is 73.6 Å². The molecule has 0 aromatic carbocycles. The molecular formula is C18H36N2O2. The molecular weight excluding hydrogens is 276 g/mol. The Labute approximate surface area is 137 Å². The van der Waals surface area contributed by atoms with Crippen LogP contribution < -0.4 is 0 Å². The third kappa shape index (κ3) is 7.81. The third-order valence-electron chi connectivity index (χ3n) is 4.20. The van der Waals surface area contributed by atoms with E-state index in [2.05, 4.69) is 34.6 Å². The van der Waals surface area contributed by atoms with Gasteiger partial charge in [-0.2, -0.15) is 0 Å². The number of hydrogen-bond acceptors (Lipinski definition) is 2. The van der Waals surface area contributed by atoms with Crippen molar-refractivity contribution in [1.29, 1.82) is 0 Å². The first-order valence-corrected chi connectivity index (χ1v) is 8.78. The van der Waals surface area contributed by atoms with Crippen molar-refractivity contribution in [3.8, 4) is 0 Å². The van der Waals surface area contributed by atoms with Gasteiger partial charge in [-0.25, -0.2) is 0 Å². The van der Waals surface area contributed by atoms with E-state index in [1.807, 2.05) is 11.8 Å². The molecule has 0 aliphatic carbocycles. The van der Waals surface area contributed by atoms with Gasteiger partial charge in [0.15, 0.2) is 0 Å². The Kier molecular flexibility index (Phi) is 10.1. The van der Waals surface area contributed by atoms with E-state index in [4.69, 9.17) is 0 Å². The van der Waals surface area contributed by atoms with Crippen LogP contribution in [0.2, 0.25) is 0 Å². The van der Waals surface area contributed by atoms with E-state index >= 15 is 0 Å². The molecule has 0 fully saturated rings. The summed E-state index contributed by atoms with van der Waals surface area (Å²) in [5.41, 5.74) is -0.107. The fourth-order valence-corrected chi connectivity index (χ4v) is 2.98. The number of amides is 2. The van der Waals surface area contributed by atoms with Crippen molar-refractivity contribution in [3.63, 3.8) is 0 Å². The zero-order valence-electron chi connectivity index (χ0n) is 15.5. The summed E-state index contributed by atoms with van der Waals surface area (Å²) in [6, 6.07) is 0. The van der Waals surface area contributed by atoms with E-state index in [0.717, 1.165) is 45.2 Å². The van der Waals surface area contributed by atoms with Crippen LogP contribution in [0.4, 0.5) is 0 Å². The summed E-state index contributed by atoms with van der Waals surface area (Å²) in [5, 5.41) is 0. The molecule has 130 valence electrons. The fourth-order valence-electron chi connectivity index (χ4n) is 2.98. The molecule has 0 bridgehead atoms. The second-order valence-electron chi connectivity index (χ2n) is 7.13. The van der Waals surface area contributed by atoms with Crippen molar-refractivity contribution in [1.82, 2.24) is 9.80 Å². The van der Waals surface area contributed by atoms with Gasteiger partial charge in [0.25, 0.3) is 0 Å². The van der Waals surface area contributed by atoms with Crippen molar-refractivity contribution in [3.05, 3.63) is 0 Å². The first-order valence-electron chi connectivity index (χ1n) is 8.78. The van der Waals surface area contributed by atoms with Gasteiger partial charge in [-0.1, -0.05) is 27.2 Å². The van der Waals surface area contributed by atoms with Crippen molar-refractivity contribution in [2.45, 2.75) is 79.2 Å². The van der Waals surface area contributed by atoms with Gasteiger partial charge in [-0.05, 0) is 46.0 Å². The van der Waals surface area contributed by atoms with Crippen LogP contribution in [-0.2, 0) is 9.59 Å². The summed E-state index contributed by atoms with van der Waals surface area (Å²) in [4.78, 5) is 27.3. The van der Waals surface area contributed by atoms with Gasteiger partial charge < -0.3 is 9.80 Å². The topological polar surface area (TPSA) is 40.6 Å².